The lowest BCUT2D eigenvalue weighted by Crippen LogP contribution is -2.05. The van der Waals surface area contributed by atoms with Crippen molar-refractivity contribution in [2.75, 3.05) is 26.9 Å². The molecule has 0 spiro atoms. The summed E-state index contributed by atoms with van der Waals surface area (Å²) in [5.41, 5.74) is 6.17. The summed E-state index contributed by atoms with van der Waals surface area (Å²) in [6, 6.07) is 7.63. The van der Waals surface area contributed by atoms with Crippen molar-refractivity contribution in [3.8, 4) is 17.6 Å². The predicted molar refractivity (Wildman–Crippen MR) is 59.7 cm³/mol. The van der Waals surface area contributed by atoms with E-state index in [-0.39, 0.29) is 0 Å². The summed E-state index contributed by atoms with van der Waals surface area (Å²) in [6.45, 7) is 1.45. The number of ether oxygens (including phenoxy) is 2. The van der Waals surface area contributed by atoms with E-state index in [1.165, 1.54) is 0 Å². The zero-order valence-corrected chi connectivity index (χ0v) is 8.82. The Kier molecular flexibility index (Phi) is 5.31. The number of hydrogen-bond donors (Lipinski definition) is 1. The lowest BCUT2D eigenvalue weighted by atomic mass is 10.2. The van der Waals surface area contributed by atoms with Crippen LogP contribution in [0.3, 0.4) is 0 Å². The molecular weight excluding hydrogens is 190 g/mol. The number of benzene rings is 1. The van der Waals surface area contributed by atoms with Gasteiger partial charge in [-0.25, -0.2) is 0 Å². The van der Waals surface area contributed by atoms with Crippen LogP contribution in [-0.2, 0) is 4.74 Å². The summed E-state index contributed by atoms with van der Waals surface area (Å²) >= 11 is 0. The van der Waals surface area contributed by atoms with Gasteiger partial charge in [-0.15, -0.1) is 0 Å². The molecule has 0 saturated carbocycles. The highest BCUT2D eigenvalue weighted by atomic mass is 16.5. The third kappa shape index (κ3) is 4.03. The fraction of sp³-hybridized carbons (Fsp3) is 0.333. The molecule has 0 radical (unpaired) electrons. The van der Waals surface area contributed by atoms with Gasteiger partial charge < -0.3 is 15.2 Å². The molecule has 1 rings (SSSR count). The predicted octanol–water partition coefficient (Wildman–Crippen LogP) is 1.02. The molecule has 0 bridgehead atoms. The van der Waals surface area contributed by atoms with Gasteiger partial charge in [0.1, 0.15) is 12.4 Å². The quantitative estimate of drug-likeness (QED) is 0.589. The van der Waals surface area contributed by atoms with Gasteiger partial charge in [-0.1, -0.05) is 24.0 Å². The van der Waals surface area contributed by atoms with Crippen molar-refractivity contribution in [2.24, 2.45) is 5.73 Å². The normalized spacial score (nSPS) is 9.20. The highest BCUT2D eigenvalue weighted by molar-refractivity contribution is 5.45. The Bertz CT molecular complexity index is 352. The third-order valence-corrected chi connectivity index (χ3v) is 1.76. The van der Waals surface area contributed by atoms with Crippen LogP contribution in [0.1, 0.15) is 5.56 Å². The van der Waals surface area contributed by atoms with E-state index in [9.17, 15) is 0 Å². The molecule has 0 aromatic heterocycles. The van der Waals surface area contributed by atoms with Gasteiger partial charge in [0.15, 0.2) is 0 Å². The summed E-state index contributed by atoms with van der Waals surface area (Å²) in [4.78, 5) is 0. The fourth-order valence-corrected chi connectivity index (χ4v) is 1.08. The van der Waals surface area contributed by atoms with E-state index in [4.69, 9.17) is 15.2 Å². The summed E-state index contributed by atoms with van der Waals surface area (Å²) in [6.07, 6.45) is 0. The molecule has 0 atom stereocenters. The van der Waals surface area contributed by atoms with Crippen molar-refractivity contribution in [2.45, 2.75) is 0 Å². The van der Waals surface area contributed by atoms with Gasteiger partial charge in [0.05, 0.1) is 18.7 Å². The second-order valence-corrected chi connectivity index (χ2v) is 2.84. The standard InChI is InChI=1S/C12H15NO2/c1-14-9-10-15-12-7-3-2-5-11(12)6-4-8-13/h2-3,5,7H,8-10,13H2,1H3. The van der Waals surface area contributed by atoms with Crippen LogP contribution < -0.4 is 10.5 Å². The van der Waals surface area contributed by atoms with Crippen LogP contribution in [0.2, 0.25) is 0 Å². The van der Waals surface area contributed by atoms with Crippen LogP contribution in [0.25, 0.3) is 0 Å². The molecule has 1 aromatic carbocycles. The van der Waals surface area contributed by atoms with E-state index in [1.54, 1.807) is 7.11 Å². The molecule has 0 aliphatic heterocycles. The maximum atomic E-state index is 5.51. The zero-order chi connectivity index (χ0) is 10.9. The van der Waals surface area contributed by atoms with E-state index < -0.39 is 0 Å². The Morgan fingerprint density at radius 3 is 2.80 bits per heavy atom. The number of nitrogens with two attached hydrogens (primary N) is 1. The first-order chi connectivity index (χ1) is 7.38. The highest BCUT2D eigenvalue weighted by Crippen LogP contribution is 2.16. The Morgan fingerprint density at radius 1 is 1.27 bits per heavy atom. The van der Waals surface area contributed by atoms with Crippen molar-refractivity contribution in [1.82, 2.24) is 0 Å². The van der Waals surface area contributed by atoms with Gasteiger partial charge >= 0.3 is 0 Å². The zero-order valence-electron chi connectivity index (χ0n) is 8.82. The first kappa shape index (κ1) is 11.6. The van der Waals surface area contributed by atoms with Crippen LogP contribution in [0.4, 0.5) is 0 Å². The van der Waals surface area contributed by atoms with E-state index in [2.05, 4.69) is 11.8 Å². The molecule has 0 amide bonds. The molecule has 80 valence electrons. The smallest absolute Gasteiger partial charge is 0.135 e. The molecule has 0 aliphatic rings. The molecule has 0 aliphatic carbocycles. The Labute approximate surface area is 90.2 Å². The average Bonchev–Trinajstić information content (AvgIpc) is 2.28. The monoisotopic (exact) mass is 205 g/mol. The van der Waals surface area contributed by atoms with E-state index in [0.717, 1.165) is 11.3 Å². The van der Waals surface area contributed by atoms with Crippen LogP contribution in [-0.4, -0.2) is 26.9 Å². The Morgan fingerprint density at radius 2 is 2.07 bits per heavy atom. The maximum Gasteiger partial charge on any atom is 0.135 e. The Balaban J connectivity index is 2.68. The largest absolute Gasteiger partial charge is 0.490 e. The van der Waals surface area contributed by atoms with Gasteiger partial charge in [-0.05, 0) is 12.1 Å². The van der Waals surface area contributed by atoms with E-state index >= 15 is 0 Å². The van der Waals surface area contributed by atoms with Gasteiger partial charge in [0.2, 0.25) is 0 Å². The van der Waals surface area contributed by atoms with Crippen molar-refractivity contribution in [3.05, 3.63) is 29.8 Å². The Hall–Kier alpha value is -1.50. The second-order valence-electron chi connectivity index (χ2n) is 2.84. The molecule has 0 fully saturated rings. The van der Waals surface area contributed by atoms with Gasteiger partial charge in [-0.2, -0.15) is 0 Å². The highest BCUT2D eigenvalue weighted by Gasteiger charge is 1.98. The van der Waals surface area contributed by atoms with Crippen LogP contribution in [0.15, 0.2) is 24.3 Å². The summed E-state index contributed by atoms with van der Waals surface area (Å²) in [7, 11) is 1.64. The summed E-state index contributed by atoms with van der Waals surface area (Å²) in [5, 5.41) is 0. The molecule has 3 nitrogen and oxygen atoms in total. The minimum absolute atomic E-state index is 0.354. The topological polar surface area (TPSA) is 44.5 Å². The van der Waals surface area contributed by atoms with Crippen molar-refractivity contribution in [1.29, 1.82) is 0 Å². The molecule has 3 heteroatoms. The number of methoxy groups -OCH3 is 1. The fourth-order valence-electron chi connectivity index (χ4n) is 1.08. The first-order valence-corrected chi connectivity index (χ1v) is 4.78. The number of rotatable bonds is 4. The van der Waals surface area contributed by atoms with Crippen molar-refractivity contribution < 1.29 is 9.47 Å². The van der Waals surface area contributed by atoms with Gasteiger partial charge in [-0.3, -0.25) is 0 Å². The van der Waals surface area contributed by atoms with Crippen LogP contribution in [0, 0.1) is 11.8 Å². The minimum Gasteiger partial charge on any atom is -0.490 e. The second kappa shape index (κ2) is 6.88. The van der Waals surface area contributed by atoms with Gasteiger partial charge in [0.25, 0.3) is 0 Å². The summed E-state index contributed by atoms with van der Waals surface area (Å²) < 4.78 is 10.4. The third-order valence-electron chi connectivity index (χ3n) is 1.76. The van der Waals surface area contributed by atoms with Crippen LogP contribution >= 0.6 is 0 Å². The molecule has 0 saturated heterocycles. The number of para-hydroxylation sites is 1. The average molecular weight is 205 g/mol. The lowest BCUT2D eigenvalue weighted by Gasteiger charge is -2.06. The van der Waals surface area contributed by atoms with Crippen molar-refractivity contribution in [3.63, 3.8) is 0 Å². The molecule has 15 heavy (non-hydrogen) atoms. The minimum atomic E-state index is 0.354. The molecule has 0 heterocycles. The molecule has 2 N–H and O–H groups in total. The van der Waals surface area contributed by atoms with E-state index in [1.807, 2.05) is 24.3 Å². The van der Waals surface area contributed by atoms with E-state index in [0.29, 0.717) is 19.8 Å². The molecule has 1 aromatic rings. The molecule has 0 unspecified atom stereocenters. The first-order valence-electron chi connectivity index (χ1n) is 4.78. The van der Waals surface area contributed by atoms with Gasteiger partial charge in [0, 0.05) is 7.11 Å². The van der Waals surface area contributed by atoms with Crippen molar-refractivity contribution >= 4 is 0 Å². The SMILES string of the molecule is COCCOc1ccccc1C#CCN. The lowest BCUT2D eigenvalue weighted by molar-refractivity contribution is 0.146. The molecular formula is C12H15NO2. The number of hydrogen-bond acceptors (Lipinski definition) is 3. The maximum absolute atomic E-state index is 5.51. The summed E-state index contributed by atoms with van der Waals surface area (Å²) in [5.74, 6) is 6.53. The van der Waals surface area contributed by atoms with Crippen LogP contribution in [0.5, 0.6) is 5.75 Å².